The number of hydrogen-bond acceptors (Lipinski definition) is 2. The van der Waals surface area contributed by atoms with Crippen molar-refractivity contribution >= 4 is 16.9 Å². The van der Waals surface area contributed by atoms with Crippen molar-refractivity contribution in [2.75, 3.05) is 39.3 Å². The van der Waals surface area contributed by atoms with E-state index >= 15 is 0 Å². The number of nitrogens with two attached hydrogens (primary N) is 1. The fraction of sp³-hybridized carbons (Fsp3) is 0.286. The van der Waals surface area contributed by atoms with Crippen LogP contribution in [-0.2, 0) is 4.74 Å². The highest BCUT2D eigenvalue weighted by Crippen LogP contribution is 2.24. The molecule has 2 aromatic carbocycles. The molecule has 1 aliphatic rings. The lowest BCUT2D eigenvalue weighted by Crippen LogP contribution is -3.20. The van der Waals surface area contributed by atoms with Gasteiger partial charge in [-0.3, -0.25) is 0 Å². The first kappa shape index (κ1) is 22.2. The first-order valence-electron chi connectivity index (χ1n) is 9.31. The first-order valence-corrected chi connectivity index (χ1v) is 9.31. The summed E-state index contributed by atoms with van der Waals surface area (Å²) in [6.45, 7) is 5.94. The molecule has 0 saturated carbocycles. The van der Waals surface area contributed by atoms with Crippen LogP contribution in [0.1, 0.15) is 10.5 Å². The fourth-order valence-corrected chi connectivity index (χ4v) is 3.65. The van der Waals surface area contributed by atoms with Crippen molar-refractivity contribution in [3.05, 3.63) is 66.4 Å². The van der Waals surface area contributed by atoms with Gasteiger partial charge >= 0.3 is 5.97 Å². The standard InChI is InChI=1S/C21H23N3O2.2ClH/c25-21(26-15-14-23-12-10-22-11-13-23)20-16-17-6-4-5-9-19(17)24(20)18-7-2-1-3-8-18;;/h1-9,16,22H,10-15H2;2*1H. The van der Waals surface area contributed by atoms with E-state index in [0.717, 1.165) is 49.3 Å². The van der Waals surface area contributed by atoms with Gasteiger partial charge in [-0.05, 0) is 24.3 Å². The van der Waals surface area contributed by atoms with Crippen LogP contribution >= 0.6 is 0 Å². The third-order valence-corrected chi connectivity index (χ3v) is 5.03. The predicted octanol–water partition coefficient (Wildman–Crippen LogP) is -5.74. The predicted molar refractivity (Wildman–Crippen MR) is 101 cm³/mol. The lowest BCUT2D eigenvalue weighted by molar-refractivity contribution is -0.946. The summed E-state index contributed by atoms with van der Waals surface area (Å²) >= 11 is 0. The number of ether oxygens (including phenoxy) is 1. The molecule has 150 valence electrons. The van der Waals surface area contributed by atoms with Gasteiger partial charge in [0, 0.05) is 11.1 Å². The van der Waals surface area contributed by atoms with Crippen molar-refractivity contribution in [3.63, 3.8) is 0 Å². The third-order valence-electron chi connectivity index (χ3n) is 5.03. The molecule has 1 fully saturated rings. The molecule has 0 amide bonds. The van der Waals surface area contributed by atoms with Gasteiger partial charge in [0.25, 0.3) is 0 Å². The van der Waals surface area contributed by atoms with E-state index in [9.17, 15) is 4.79 Å². The number of nitrogens with one attached hydrogen (secondary N) is 1. The molecule has 3 aromatic rings. The Kier molecular flexibility index (Phi) is 8.33. The van der Waals surface area contributed by atoms with Gasteiger partial charge < -0.3 is 44.3 Å². The van der Waals surface area contributed by atoms with E-state index in [1.807, 2.05) is 65.2 Å². The first-order chi connectivity index (χ1) is 12.8. The zero-order valence-corrected chi connectivity index (χ0v) is 17.1. The summed E-state index contributed by atoms with van der Waals surface area (Å²) in [4.78, 5) is 14.3. The molecular weight excluding hydrogens is 397 g/mol. The van der Waals surface area contributed by atoms with Crippen molar-refractivity contribution in [1.82, 2.24) is 4.57 Å². The lowest BCUT2D eigenvalue weighted by Gasteiger charge is -2.21. The van der Waals surface area contributed by atoms with E-state index in [4.69, 9.17) is 4.74 Å². The molecule has 1 saturated heterocycles. The van der Waals surface area contributed by atoms with Gasteiger partial charge in [-0.25, -0.2) is 4.79 Å². The summed E-state index contributed by atoms with van der Waals surface area (Å²) in [5.74, 6) is -0.256. The minimum Gasteiger partial charge on any atom is -1.00 e. The minimum atomic E-state index is -0.256. The van der Waals surface area contributed by atoms with Crippen molar-refractivity contribution in [2.24, 2.45) is 0 Å². The Morgan fingerprint density at radius 1 is 1.00 bits per heavy atom. The number of aromatic nitrogens is 1. The van der Waals surface area contributed by atoms with Gasteiger partial charge in [0.1, 0.15) is 45.0 Å². The molecule has 5 nitrogen and oxygen atoms in total. The zero-order chi connectivity index (χ0) is 17.8. The molecule has 0 bridgehead atoms. The summed E-state index contributed by atoms with van der Waals surface area (Å²) in [5, 5.41) is 3.38. The number of carbonyl (C=O) groups is 1. The van der Waals surface area contributed by atoms with Crippen LogP contribution in [0.15, 0.2) is 60.7 Å². The molecule has 4 rings (SSSR count). The number of para-hydroxylation sites is 2. The van der Waals surface area contributed by atoms with Gasteiger partial charge in [-0.2, -0.15) is 0 Å². The monoisotopic (exact) mass is 421 g/mol. The topological polar surface area (TPSA) is 52.3 Å². The summed E-state index contributed by atoms with van der Waals surface area (Å²) in [6.07, 6.45) is 0. The van der Waals surface area contributed by atoms with Crippen LogP contribution in [0, 0.1) is 0 Å². The lowest BCUT2D eigenvalue weighted by atomic mass is 10.2. The Morgan fingerprint density at radius 2 is 1.68 bits per heavy atom. The molecule has 1 aromatic heterocycles. The maximum absolute atomic E-state index is 12.8. The molecule has 1 aliphatic heterocycles. The van der Waals surface area contributed by atoms with Crippen LogP contribution < -0.4 is 35.0 Å². The SMILES string of the molecule is O=C(OCC[NH+]1CC[NH2+]CC1)c1cc2ccccc2n1-c1ccccc1.[Cl-].[Cl-]. The van der Waals surface area contributed by atoms with Crippen molar-refractivity contribution in [2.45, 2.75) is 0 Å². The van der Waals surface area contributed by atoms with Gasteiger partial charge in [-0.15, -0.1) is 0 Å². The maximum atomic E-state index is 12.8. The van der Waals surface area contributed by atoms with Gasteiger partial charge in [0.15, 0.2) is 0 Å². The molecule has 3 N–H and O–H groups in total. The molecule has 0 unspecified atom stereocenters. The number of nitrogens with zero attached hydrogens (tertiary/aromatic N) is 1. The summed E-state index contributed by atoms with van der Waals surface area (Å²) in [7, 11) is 0. The van der Waals surface area contributed by atoms with Gasteiger partial charge in [0.2, 0.25) is 0 Å². The molecule has 0 radical (unpaired) electrons. The molecule has 2 heterocycles. The van der Waals surface area contributed by atoms with E-state index in [0.29, 0.717) is 12.3 Å². The molecule has 0 atom stereocenters. The molecule has 28 heavy (non-hydrogen) atoms. The number of esters is 1. The number of halogens is 2. The maximum Gasteiger partial charge on any atom is 0.355 e. The van der Waals surface area contributed by atoms with Crippen LogP contribution in [0.25, 0.3) is 16.6 Å². The van der Waals surface area contributed by atoms with E-state index in [2.05, 4.69) is 5.32 Å². The second-order valence-electron chi connectivity index (χ2n) is 6.76. The molecule has 0 aliphatic carbocycles. The van der Waals surface area contributed by atoms with Crippen LogP contribution in [0.5, 0.6) is 0 Å². The average molecular weight is 422 g/mol. The largest absolute Gasteiger partial charge is 1.00 e. The highest BCUT2D eigenvalue weighted by Gasteiger charge is 2.20. The number of fused-ring (bicyclic) bond motifs is 1. The highest BCUT2D eigenvalue weighted by atomic mass is 35.5. The highest BCUT2D eigenvalue weighted by molar-refractivity contribution is 5.97. The number of piperazine rings is 1. The number of benzene rings is 2. The zero-order valence-electron chi connectivity index (χ0n) is 15.6. The van der Waals surface area contributed by atoms with Crippen molar-refractivity contribution in [3.8, 4) is 5.69 Å². The third kappa shape index (κ3) is 4.86. The fourth-order valence-electron chi connectivity index (χ4n) is 3.65. The Morgan fingerprint density at radius 3 is 2.43 bits per heavy atom. The second-order valence-corrected chi connectivity index (χ2v) is 6.76. The van der Waals surface area contributed by atoms with E-state index < -0.39 is 0 Å². The van der Waals surface area contributed by atoms with Gasteiger partial charge in [-0.1, -0.05) is 36.4 Å². The normalized spacial score (nSPS) is 14.1. The molecular formula is C21H25Cl2N3O2. The Balaban J connectivity index is 0.00000140. The summed E-state index contributed by atoms with van der Waals surface area (Å²) in [6, 6.07) is 19.9. The van der Waals surface area contributed by atoms with Crippen LogP contribution in [-0.4, -0.2) is 49.9 Å². The van der Waals surface area contributed by atoms with E-state index in [1.165, 1.54) is 4.90 Å². The van der Waals surface area contributed by atoms with Crippen LogP contribution in [0.2, 0.25) is 0 Å². The number of carbonyl (C=O) groups excluding carboxylic acids is 1. The Labute approximate surface area is 177 Å². The minimum absolute atomic E-state index is 0. The second kappa shape index (κ2) is 10.5. The van der Waals surface area contributed by atoms with Crippen molar-refractivity contribution in [1.29, 1.82) is 0 Å². The van der Waals surface area contributed by atoms with Gasteiger partial charge in [0.05, 0.1) is 5.52 Å². The smallest absolute Gasteiger partial charge is 0.355 e. The molecule has 7 heteroatoms. The van der Waals surface area contributed by atoms with Crippen molar-refractivity contribution < 1.29 is 44.6 Å². The number of rotatable bonds is 5. The van der Waals surface area contributed by atoms with E-state index in [1.54, 1.807) is 0 Å². The Bertz CT molecular complexity index is 893. The molecule has 0 spiro atoms. The van der Waals surface area contributed by atoms with E-state index in [-0.39, 0.29) is 30.8 Å². The average Bonchev–Trinajstić information content (AvgIpc) is 3.09. The van der Waals surface area contributed by atoms with Crippen LogP contribution in [0.4, 0.5) is 0 Å². The Hall–Kier alpha value is -2.05. The quantitative estimate of drug-likeness (QED) is 0.403. The number of quaternary nitrogens is 2. The van der Waals surface area contributed by atoms with Crippen LogP contribution in [0.3, 0.4) is 0 Å². The summed E-state index contributed by atoms with van der Waals surface area (Å²) < 4.78 is 7.62. The summed E-state index contributed by atoms with van der Waals surface area (Å²) in [5.41, 5.74) is 2.57. The number of hydrogen-bond donors (Lipinski definition) is 2.